The molecule has 2 aromatic carbocycles. The highest BCUT2D eigenvalue weighted by molar-refractivity contribution is 5.45. The van der Waals surface area contributed by atoms with Gasteiger partial charge in [-0.25, -0.2) is 0 Å². The molecule has 2 N–H and O–H groups in total. The van der Waals surface area contributed by atoms with Gasteiger partial charge in [-0.15, -0.1) is 0 Å². The molecule has 0 aliphatic heterocycles. The molecule has 0 aromatic heterocycles. The molecular weight excluding hydrogens is 284 g/mol. The van der Waals surface area contributed by atoms with Crippen molar-refractivity contribution in [2.45, 2.75) is 12.7 Å². The molecule has 0 radical (unpaired) electrons. The van der Waals surface area contributed by atoms with Crippen LogP contribution in [0.4, 0.5) is 0 Å². The third kappa shape index (κ3) is 3.76. The fourth-order valence-electron chi connectivity index (χ4n) is 2.11. The second-order valence-electron chi connectivity index (χ2n) is 4.76. The third-order valence-electron chi connectivity index (χ3n) is 3.32. The molecule has 1 unspecified atom stereocenters. The summed E-state index contributed by atoms with van der Waals surface area (Å²) >= 11 is 0. The first-order valence-corrected chi connectivity index (χ1v) is 6.87. The van der Waals surface area contributed by atoms with Crippen LogP contribution in [0, 0.1) is 0 Å². The van der Waals surface area contributed by atoms with Crippen LogP contribution in [0.15, 0.2) is 42.5 Å². The van der Waals surface area contributed by atoms with Crippen molar-refractivity contribution >= 4 is 0 Å². The summed E-state index contributed by atoms with van der Waals surface area (Å²) in [6.07, 6.45) is -0.866. The molecule has 1 atom stereocenters. The highest BCUT2D eigenvalue weighted by atomic mass is 16.7. The largest absolute Gasteiger partial charge is 0.497 e. The van der Waals surface area contributed by atoms with E-state index in [9.17, 15) is 5.11 Å². The summed E-state index contributed by atoms with van der Waals surface area (Å²) < 4.78 is 15.6. The smallest absolute Gasteiger partial charge is 0.188 e. The average Bonchev–Trinajstić information content (AvgIpc) is 2.59. The van der Waals surface area contributed by atoms with E-state index in [1.165, 1.54) is 7.11 Å². The predicted octanol–water partition coefficient (Wildman–Crippen LogP) is 2.25. The first-order valence-electron chi connectivity index (χ1n) is 6.87. The first-order chi connectivity index (χ1) is 10.7. The lowest BCUT2D eigenvalue weighted by Gasteiger charge is -2.17. The molecule has 0 aliphatic rings. The fraction of sp³-hybridized carbons (Fsp3) is 0.294. The van der Waals surface area contributed by atoms with Crippen LogP contribution in [-0.2, 0) is 11.3 Å². The highest BCUT2D eigenvalue weighted by Crippen LogP contribution is 2.33. The van der Waals surface area contributed by atoms with Gasteiger partial charge in [0, 0.05) is 12.7 Å². The van der Waals surface area contributed by atoms with Crippen LogP contribution >= 0.6 is 0 Å². The zero-order chi connectivity index (χ0) is 15.9. The van der Waals surface area contributed by atoms with Gasteiger partial charge in [-0.1, -0.05) is 24.3 Å². The van der Waals surface area contributed by atoms with E-state index in [4.69, 9.17) is 19.3 Å². The van der Waals surface area contributed by atoms with Crippen LogP contribution in [0.25, 0.3) is 0 Å². The summed E-state index contributed by atoms with van der Waals surface area (Å²) in [5.74, 6) is 1.16. The molecule has 0 saturated carbocycles. The number of rotatable bonds is 7. The van der Waals surface area contributed by atoms with Gasteiger partial charge >= 0.3 is 0 Å². The lowest BCUT2D eigenvalue weighted by molar-refractivity contribution is 0.0487. The molecule has 0 bridgehead atoms. The van der Waals surface area contributed by atoms with Gasteiger partial charge in [0.1, 0.15) is 17.6 Å². The topological polar surface area (TPSA) is 68.2 Å². The fourth-order valence-corrected chi connectivity index (χ4v) is 2.11. The summed E-state index contributed by atoms with van der Waals surface area (Å²) in [6.45, 7) is 0.0627. The molecule has 0 amide bonds. The Morgan fingerprint density at radius 1 is 1.05 bits per heavy atom. The molecule has 0 saturated heterocycles. The Bertz CT molecular complexity index is 594. The normalized spacial score (nSPS) is 12.0. The van der Waals surface area contributed by atoms with Gasteiger partial charge < -0.3 is 24.4 Å². The monoisotopic (exact) mass is 304 g/mol. The molecule has 0 fully saturated rings. The second-order valence-corrected chi connectivity index (χ2v) is 4.76. The van der Waals surface area contributed by atoms with Gasteiger partial charge in [-0.2, -0.15) is 0 Å². The number of aliphatic hydroxyl groups excluding tert-OH is 2. The van der Waals surface area contributed by atoms with Crippen LogP contribution in [0.2, 0.25) is 0 Å². The number of hydrogen-bond donors (Lipinski definition) is 2. The SMILES string of the molecule is COCOc1ccc(OC)cc1C(O)c1ccc(CO)cc1. The van der Waals surface area contributed by atoms with E-state index < -0.39 is 6.10 Å². The molecule has 2 aromatic rings. The van der Waals surface area contributed by atoms with Crippen LogP contribution in [0.5, 0.6) is 11.5 Å². The molecule has 118 valence electrons. The number of ether oxygens (including phenoxy) is 3. The van der Waals surface area contributed by atoms with E-state index in [1.54, 1.807) is 49.6 Å². The number of hydrogen-bond acceptors (Lipinski definition) is 5. The van der Waals surface area contributed by atoms with E-state index >= 15 is 0 Å². The molecule has 0 spiro atoms. The second kappa shape index (κ2) is 7.79. The zero-order valence-electron chi connectivity index (χ0n) is 12.7. The molecule has 5 nitrogen and oxygen atoms in total. The van der Waals surface area contributed by atoms with Crippen molar-refractivity contribution in [3.05, 3.63) is 59.2 Å². The lowest BCUT2D eigenvalue weighted by Crippen LogP contribution is -2.06. The maximum atomic E-state index is 10.6. The predicted molar refractivity (Wildman–Crippen MR) is 81.9 cm³/mol. The minimum Gasteiger partial charge on any atom is -0.497 e. The van der Waals surface area contributed by atoms with Gasteiger partial charge in [0.15, 0.2) is 6.79 Å². The van der Waals surface area contributed by atoms with E-state index in [0.717, 1.165) is 5.56 Å². The van der Waals surface area contributed by atoms with Crippen LogP contribution < -0.4 is 9.47 Å². The van der Waals surface area contributed by atoms with Crippen molar-refractivity contribution in [1.82, 2.24) is 0 Å². The van der Waals surface area contributed by atoms with Crippen molar-refractivity contribution in [3.63, 3.8) is 0 Å². The minimum absolute atomic E-state index is 0.0300. The summed E-state index contributed by atoms with van der Waals surface area (Å²) in [4.78, 5) is 0. The quantitative estimate of drug-likeness (QED) is 0.768. The molecule has 2 rings (SSSR count). The maximum Gasteiger partial charge on any atom is 0.188 e. The van der Waals surface area contributed by atoms with Gasteiger partial charge in [0.2, 0.25) is 0 Å². The van der Waals surface area contributed by atoms with Gasteiger partial charge in [0.05, 0.1) is 13.7 Å². The molecular formula is C17H20O5. The summed E-state index contributed by atoms with van der Waals surface area (Å²) in [7, 11) is 3.10. The van der Waals surface area contributed by atoms with Crippen molar-refractivity contribution in [2.75, 3.05) is 21.0 Å². The van der Waals surface area contributed by atoms with Gasteiger partial charge in [0.25, 0.3) is 0 Å². The van der Waals surface area contributed by atoms with Crippen LogP contribution in [0.3, 0.4) is 0 Å². The van der Waals surface area contributed by atoms with Crippen molar-refractivity contribution in [1.29, 1.82) is 0 Å². The van der Waals surface area contributed by atoms with E-state index in [0.29, 0.717) is 22.6 Å². The average molecular weight is 304 g/mol. The number of benzene rings is 2. The standard InChI is InChI=1S/C17H20O5/c1-20-11-22-16-8-7-14(21-2)9-15(16)17(19)13-5-3-12(10-18)4-6-13/h3-9,17-19H,10-11H2,1-2H3. The molecule has 22 heavy (non-hydrogen) atoms. The maximum absolute atomic E-state index is 10.6. The Labute approximate surface area is 129 Å². The Morgan fingerprint density at radius 3 is 2.36 bits per heavy atom. The van der Waals surface area contributed by atoms with Crippen molar-refractivity contribution < 1.29 is 24.4 Å². The Hall–Kier alpha value is -2.08. The highest BCUT2D eigenvalue weighted by Gasteiger charge is 2.17. The lowest BCUT2D eigenvalue weighted by atomic mass is 9.99. The first kappa shape index (κ1) is 16.3. The van der Waals surface area contributed by atoms with Crippen molar-refractivity contribution in [3.8, 4) is 11.5 Å². The summed E-state index contributed by atoms with van der Waals surface area (Å²) in [5.41, 5.74) is 2.08. The minimum atomic E-state index is -0.866. The van der Waals surface area contributed by atoms with E-state index in [2.05, 4.69) is 0 Å². The molecule has 0 aliphatic carbocycles. The van der Waals surface area contributed by atoms with Gasteiger partial charge in [-0.3, -0.25) is 0 Å². The van der Waals surface area contributed by atoms with Crippen LogP contribution in [-0.4, -0.2) is 31.2 Å². The van der Waals surface area contributed by atoms with Crippen molar-refractivity contribution in [2.24, 2.45) is 0 Å². The summed E-state index contributed by atoms with van der Waals surface area (Å²) in [5, 5.41) is 19.7. The van der Waals surface area contributed by atoms with Gasteiger partial charge in [-0.05, 0) is 29.3 Å². The Morgan fingerprint density at radius 2 is 1.77 bits per heavy atom. The number of aliphatic hydroxyl groups is 2. The van der Waals surface area contributed by atoms with Crippen LogP contribution in [0.1, 0.15) is 22.8 Å². The third-order valence-corrected chi connectivity index (χ3v) is 3.32. The van der Waals surface area contributed by atoms with E-state index in [-0.39, 0.29) is 13.4 Å². The molecule has 5 heteroatoms. The van der Waals surface area contributed by atoms with E-state index in [1.807, 2.05) is 0 Å². The Balaban J connectivity index is 2.34. The number of methoxy groups -OCH3 is 2. The Kier molecular flexibility index (Phi) is 5.77. The molecule has 0 heterocycles. The zero-order valence-corrected chi connectivity index (χ0v) is 12.7. The summed E-state index contributed by atoms with van der Waals surface area (Å²) in [6, 6.07) is 12.3.